The molecule has 1 atom stereocenters. The van der Waals surface area contributed by atoms with Gasteiger partial charge in [-0.15, -0.1) is 11.3 Å². The largest absolute Gasteiger partial charge is 0.331 e. The van der Waals surface area contributed by atoms with E-state index in [1.807, 2.05) is 35.5 Å². The van der Waals surface area contributed by atoms with Crippen LogP contribution in [0.3, 0.4) is 0 Å². The summed E-state index contributed by atoms with van der Waals surface area (Å²) in [6.07, 6.45) is 6.85. The fourth-order valence-corrected chi connectivity index (χ4v) is 4.12. The third-order valence-corrected chi connectivity index (χ3v) is 5.43. The molecular formula is C17H19N5OS. The van der Waals surface area contributed by atoms with E-state index in [0.717, 1.165) is 46.6 Å². The standard InChI is InChI=1S/C17H19N5OS/c23-17(18-11-16-21-13-5-1-2-7-15(13)24-16)22-8-4-3-6-14(22)12-9-19-20-10-12/h1-2,5,7,9-10,14H,3-4,6,8,11H2,(H,18,23)(H,19,20)/t14-/m1/s1. The molecule has 0 radical (unpaired) electrons. The maximum absolute atomic E-state index is 12.7. The van der Waals surface area contributed by atoms with E-state index in [4.69, 9.17) is 0 Å². The number of nitrogens with one attached hydrogen (secondary N) is 2. The molecule has 2 aromatic heterocycles. The molecule has 7 heteroatoms. The minimum Gasteiger partial charge on any atom is -0.331 e. The van der Waals surface area contributed by atoms with Crippen molar-refractivity contribution in [2.75, 3.05) is 6.54 Å². The predicted molar refractivity (Wildman–Crippen MR) is 93.7 cm³/mol. The number of benzene rings is 1. The van der Waals surface area contributed by atoms with Gasteiger partial charge in [-0.3, -0.25) is 5.10 Å². The molecule has 0 aliphatic carbocycles. The molecule has 2 amide bonds. The van der Waals surface area contributed by atoms with E-state index >= 15 is 0 Å². The summed E-state index contributed by atoms with van der Waals surface area (Å²) in [5, 5.41) is 10.8. The van der Waals surface area contributed by atoms with Crippen LogP contribution in [0.1, 0.15) is 35.9 Å². The lowest BCUT2D eigenvalue weighted by Crippen LogP contribution is -2.44. The maximum atomic E-state index is 12.7. The number of urea groups is 1. The molecule has 0 spiro atoms. The molecule has 1 fully saturated rings. The van der Waals surface area contributed by atoms with Crippen LogP contribution in [-0.2, 0) is 6.54 Å². The van der Waals surface area contributed by atoms with Crippen LogP contribution in [0.2, 0.25) is 0 Å². The zero-order valence-electron chi connectivity index (χ0n) is 13.2. The number of carbonyl (C=O) groups excluding carboxylic acids is 1. The van der Waals surface area contributed by atoms with E-state index in [1.54, 1.807) is 11.3 Å². The molecule has 1 aliphatic heterocycles. The minimum absolute atomic E-state index is 0.0276. The number of carbonyl (C=O) groups is 1. The molecule has 0 saturated carbocycles. The lowest BCUT2D eigenvalue weighted by molar-refractivity contribution is 0.151. The fraction of sp³-hybridized carbons (Fsp3) is 0.353. The Labute approximate surface area is 143 Å². The van der Waals surface area contributed by atoms with Gasteiger partial charge in [-0.25, -0.2) is 9.78 Å². The zero-order chi connectivity index (χ0) is 16.4. The average Bonchev–Trinajstić information content (AvgIpc) is 3.28. The first-order chi connectivity index (χ1) is 11.8. The van der Waals surface area contributed by atoms with Gasteiger partial charge in [-0.2, -0.15) is 5.10 Å². The highest BCUT2D eigenvalue weighted by Crippen LogP contribution is 2.30. The second-order valence-electron chi connectivity index (χ2n) is 5.97. The van der Waals surface area contributed by atoms with Gasteiger partial charge in [0.1, 0.15) is 5.01 Å². The van der Waals surface area contributed by atoms with Gasteiger partial charge in [0.2, 0.25) is 0 Å². The van der Waals surface area contributed by atoms with E-state index in [2.05, 4.69) is 26.6 Å². The highest BCUT2D eigenvalue weighted by molar-refractivity contribution is 7.18. The molecule has 2 N–H and O–H groups in total. The second-order valence-corrected chi connectivity index (χ2v) is 7.09. The third-order valence-electron chi connectivity index (χ3n) is 4.40. The Bertz CT molecular complexity index is 796. The van der Waals surface area contributed by atoms with E-state index < -0.39 is 0 Å². The molecule has 3 aromatic rings. The fourth-order valence-electron chi connectivity index (χ4n) is 3.21. The number of amides is 2. The van der Waals surface area contributed by atoms with Crippen molar-refractivity contribution in [3.05, 3.63) is 47.2 Å². The number of nitrogens with zero attached hydrogens (tertiary/aromatic N) is 3. The topological polar surface area (TPSA) is 73.9 Å². The van der Waals surface area contributed by atoms with Crippen LogP contribution in [0, 0.1) is 0 Å². The molecule has 0 unspecified atom stereocenters. The van der Waals surface area contributed by atoms with E-state index in [1.165, 1.54) is 0 Å². The lowest BCUT2D eigenvalue weighted by Gasteiger charge is -2.35. The first-order valence-electron chi connectivity index (χ1n) is 8.19. The van der Waals surface area contributed by atoms with Gasteiger partial charge in [-0.1, -0.05) is 12.1 Å². The molecule has 4 rings (SSSR count). The van der Waals surface area contributed by atoms with Crippen molar-refractivity contribution in [3.8, 4) is 0 Å². The number of thiazole rings is 1. The van der Waals surface area contributed by atoms with Crippen LogP contribution in [0.15, 0.2) is 36.7 Å². The molecule has 24 heavy (non-hydrogen) atoms. The summed E-state index contributed by atoms with van der Waals surface area (Å²) < 4.78 is 1.15. The van der Waals surface area contributed by atoms with Gasteiger partial charge in [0.05, 0.1) is 29.0 Å². The van der Waals surface area contributed by atoms with E-state index in [-0.39, 0.29) is 12.1 Å². The van der Waals surface area contributed by atoms with E-state index in [9.17, 15) is 4.79 Å². The van der Waals surface area contributed by atoms with Crippen LogP contribution >= 0.6 is 11.3 Å². The number of likely N-dealkylation sites (tertiary alicyclic amines) is 1. The summed E-state index contributed by atoms with van der Waals surface area (Å²) in [5.41, 5.74) is 2.06. The van der Waals surface area contributed by atoms with Crippen LogP contribution in [0.5, 0.6) is 0 Å². The maximum Gasteiger partial charge on any atom is 0.318 e. The van der Waals surface area contributed by atoms with Crippen LogP contribution in [0.4, 0.5) is 4.79 Å². The number of fused-ring (bicyclic) bond motifs is 1. The lowest BCUT2D eigenvalue weighted by atomic mass is 9.98. The van der Waals surface area contributed by atoms with Gasteiger partial charge < -0.3 is 10.2 Å². The van der Waals surface area contributed by atoms with Crippen LogP contribution < -0.4 is 5.32 Å². The number of rotatable bonds is 3. The van der Waals surface area contributed by atoms with Crippen molar-refractivity contribution in [2.24, 2.45) is 0 Å². The molecule has 1 aromatic carbocycles. The number of piperidine rings is 1. The summed E-state index contributed by atoms with van der Waals surface area (Å²) in [7, 11) is 0. The quantitative estimate of drug-likeness (QED) is 0.766. The van der Waals surface area contributed by atoms with Gasteiger partial charge >= 0.3 is 6.03 Å². The summed E-state index contributed by atoms with van der Waals surface area (Å²) in [5.74, 6) is 0. The van der Waals surface area contributed by atoms with Crippen LogP contribution in [0.25, 0.3) is 10.2 Å². The Morgan fingerprint density at radius 2 is 2.29 bits per heavy atom. The summed E-state index contributed by atoms with van der Waals surface area (Å²) in [6.45, 7) is 1.24. The van der Waals surface area contributed by atoms with Gasteiger partial charge in [0, 0.05) is 18.3 Å². The Balaban J connectivity index is 1.44. The van der Waals surface area contributed by atoms with Crippen molar-refractivity contribution in [3.63, 3.8) is 0 Å². The average molecular weight is 341 g/mol. The molecule has 1 saturated heterocycles. The van der Waals surface area contributed by atoms with E-state index in [0.29, 0.717) is 6.54 Å². The molecule has 124 valence electrons. The summed E-state index contributed by atoms with van der Waals surface area (Å²) in [6, 6.07) is 8.11. The molecule has 6 nitrogen and oxygen atoms in total. The first kappa shape index (κ1) is 15.1. The second kappa shape index (κ2) is 6.60. The third kappa shape index (κ3) is 2.99. The highest BCUT2D eigenvalue weighted by atomic mass is 32.1. The van der Waals surface area contributed by atoms with Crippen molar-refractivity contribution in [1.29, 1.82) is 0 Å². The van der Waals surface area contributed by atoms with Crippen molar-refractivity contribution >= 4 is 27.6 Å². The minimum atomic E-state index is -0.0276. The first-order valence-corrected chi connectivity index (χ1v) is 9.00. The van der Waals surface area contributed by atoms with Gasteiger partial charge in [-0.05, 0) is 31.4 Å². The van der Waals surface area contributed by atoms with Crippen LogP contribution in [-0.4, -0.2) is 32.7 Å². The van der Waals surface area contributed by atoms with Crippen molar-refractivity contribution < 1.29 is 4.79 Å². The highest BCUT2D eigenvalue weighted by Gasteiger charge is 2.28. The Morgan fingerprint density at radius 1 is 1.38 bits per heavy atom. The van der Waals surface area contributed by atoms with Crippen molar-refractivity contribution in [2.45, 2.75) is 31.8 Å². The number of H-pyrrole nitrogens is 1. The predicted octanol–water partition coefficient (Wildman–Crippen LogP) is 3.46. The van der Waals surface area contributed by atoms with Gasteiger partial charge in [0.25, 0.3) is 0 Å². The number of hydrogen-bond donors (Lipinski definition) is 2. The smallest absolute Gasteiger partial charge is 0.318 e. The Kier molecular flexibility index (Phi) is 4.17. The Hall–Kier alpha value is -2.41. The molecule has 0 bridgehead atoms. The Morgan fingerprint density at radius 3 is 3.12 bits per heavy atom. The number of aromatic nitrogens is 3. The summed E-state index contributed by atoms with van der Waals surface area (Å²) in [4.78, 5) is 19.1. The zero-order valence-corrected chi connectivity index (χ0v) is 14.1. The summed E-state index contributed by atoms with van der Waals surface area (Å²) >= 11 is 1.63. The number of aromatic amines is 1. The molecule has 3 heterocycles. The number of para-hydroxylation sites is 1. The van der Waals surface area contributed by atoms with Crippen molar-refractivity contribution in [1.82, 2.24) is 25.4 Å². The monoisotopic (exact) mass is 341 g/mol. The SMILES string of the molecule is O=C(NCc1nc2ccccc2s1)N1CCCC[C@@H]1c1cn[nH]c1. The molecule has 1 aliphatic rings. The normalized spacial score (nSPS) is 18.0. The molecular weight excluding hydrogens is 322 g/mol. The number of hydrogen-bond acceptors (Lipinski definition) is 4. The van der Waals surface area contributed by atoms with Gasteiger partial charge in [0.15, 0.2) is 0 Å².